The van der Waals surface area contributed by atoms with E-state index in [2.05, 4.69) is 0 Å². The van der Waals surface area contributed by atoms with Crippen LogP contribution in [0, 0.1) is 13.8 Å². The Morgan fingerprint density at radius 1 is 1.16 bits per heavy atom. The number of halogens is 1. The first kappa shape index (κ1) is 13.9. The Morgan fingerprint density at radius 2 is 1.89 bits per heavy atom. The van der Waals surface area contributed by atoms with E-state index in [1.807, 2.05) is 32.0 Å². The van der Waals surface area contributed by atoms with E-state index in [1.165, 1.54) is 0 Å². The minimum atomic E-state index is -0.788. The monoisotopic (exact) mass is 276 g/mol. The SMILES string of the molecule is COc1cccc(Cl)c1C(O)c1cc(C)ccc1C. The first-order valence-electron chi connectivity index (χ1n) is 6.12. The maximum atomic E-state index is 10.6. The molecule has 0 aliphatic carbocycles. The zero-order valence-corrected chi connectivity index (χ0v) is 12.0. The molecule has 0 heterocycles. The molecule has 0 saturated carbocycles. The summed E-state index contributed by atoms with van der Waals surface area (Å²) in [4.78, 5) is 0. The Balaban J connectivity index is 2.55. The van der Waals surface area contributed by atoms with Crippen molar-refractivity contribution in [3.8, 4) is 5.75 Å². The Kier molecular flexibility index (Phi) is 4.13. The molecule has 1 N–H and O–H groups in total. The molecule has 0 aliphatic rings. The van der Waals surface area contributed by atoms with Crippen LogP contribution >= 0.6 is 11.6 Å². The molecule has 2 rings (SSSR count). The van der Waals surface area contributed by atoms with Crippen LogP contribution in [0.25, 0.3) is 0 Å². The lowest BCUT2D eigenvalue weighted by Gasteiger charge is -2.19. The van der Waals surface area contributed by atoms with Crippen molar-refractivity contribution in [3.05, 3.63) is 63.7 Å². The van der Waals surface area contributed by atoms with E-state index >= 15 is 0 Å². The molecule has 19 heavy (non-hydrogen) atoms. The van der Waals surface area contributed by atoms with Crippen molar-refractivity contribution in [1.29, 1.82) is 0 Å². The largest absolute Gasteiger partial charge is 0.496 e. The van der Waals surface area contributed by atoms with Crippen molar-refractivity contribution >= 4 is 11.6 Å². The topological polar surface area (TPSA) is 29.5 Å². The van der Waals surface area contributed by atoms with E-state index in [4.69, 9.17) is 16.3 Å². The van der Waals surface area contributed by atoms with E-state index in [0.29, 0.717) is 16.3 Å². The molecule has 1 atom stereocenters. The highest BCUT2D eigenvalue weighted by atomic mass is 35.5. The van der Waals surface area contributed by atoms with Gasteiger partial charge in [0.05, 0.1) is 12.1 Å². The highest BCUT2D eigenvalue weighted by Gasteiger charge is 2.20. The van der Waals surface area contributed by atoms with E-state index < -0.39 is 6.10 Å². The zero-order chi connectivity index (χ0) is 14.0. The molecule has 2 nitrogen and oxygen atoms in total. The summed E-state index contributed by atoms with van der Waals surface area (Å²) in [6.45, 7) is 3.97. The summed E-state index contributed by atoms with van der Waals surface area (Å²) in [7, 11) is 1.57. The summed E-state index contributed by atoms with van der Waals surface area (Å²) < 4.78 is 5.29. The third kappa shape index (κ3) is 2.75. The van der Waals surface area contributed by atoms with Crippen LogP contribution in [0.15, 0.2) is 36.4 Å². The van der Waals surface area contributed by atoms with Crippen LogP contribution in [0.3, 0.4) is 0 Å². The predicted octanol–water partition coefficient (Wildman–Crippen LogP) is 4.05. The van der Waals surface area contributed by atoms with Gasteiger partial charge in [0.2, 0.25) is 0 Å². The van der Waals surface area contributed by atoms with Crippen LogP contribution < -0.4 is 4.74 Å². The summed E-state index contributed by atoms with van der Waals surface area (Å²) in [6.07, 6.45) is -0.788. The number of hydrogen-bond acceptors (Lipinski definition) is 2. The number of ether oxygens (including phenoxy) is 1. The van der Waals surface area contributed by atoms with Crippen molar-refractivity contribution in [2.75, 3.05) is 7.11 Å². The number of methoxy groups -OCH3 is 1. The molecular formula is C16H17ClO2. The molecule has 100 valence electrons. The van der Waals surface area contributed by atoms with Crippen LogP contribution in [0.5, 0.6) is 5.75 Å². The van der Waals surface area contributed by atoms with Gasteiger partial charge in [-0.05, 0) is 37.1 Å². The van der Waals surface area contributed by atoms with Crippen LogP contribution in [0.4, 0.5) is 0 Å². The molecule has 0 amide bonds. The molecular weight excluding hydrogens is 260 g/mol. The van der Waals surface area contributed by atoms with Crippen LogP contribution in [0.2, 0.25) is 5.02 Å². The second-order valence-electron chi connectivity index (χ2n) is 4.62. The highest BCUT2D eigenvalue weighted by Crippen LogP contribution is 2.36. The fourth-order valence-corrected chi connectivity index (χ4v) is 2.44. The quantitative estimate of drug-likeness (QED) is 0.916. The molecule has 0 fully saturated rings. The van der Waals surface area contributed by atoms with E-state index in [0.717, 1.165) is 16.7 Å². The van der Waals surface area contributed by atoms with Crippen molar-refractivity contribution in [3.63, 3.8) is 0 Å². The van der Waals surface area contributed by atoms with Crippen molar-refractivity contribution in [2.45, 2.75) is 20.0 Å². The van der Waals surface area contributed by atoms with Gasteiger partial charge >= 0.3 is 0 Å². The van der Waals surface area contributed by atoms with E-state index in [1.54, 1.807) is 25.3 Å². The molecule has 0 aromatic heterocycles. The van der Waals surface area contributed by atoms with Gasteiger partial charge in [-0.1, -0.05) is 41.4 Å². The molecule has 1 unspecified atom stereocenters. The molecule has 0 saturated heterocycles. The highest BCUT2D eigenvalue weighted by molar-refractivity contribution is 6.31. The van der Waals surface area contributed by atoms with Crippen molar-refractivity contribution in [1.82, 2.24) is 0 Å². The summed E-state index contributed by atoms with van der Waals surface area (Å²) in [6, 6.07) is 11.4. The Labute approximate surface area is 118 Å². The lowest BCUT2D eigenvalue weighted by molar-refractivity contribution is 0.214. The number of aliphatic hydroxyl groups excluding tert-OH is 1. The molecule has 0 spiro atoms. The number of benzene rings is 2. The standard InChI is InChI=1S/C16H17ClO2/c1-10-7-8-11(2)12(9-10)16(18)15-13(17)5-4-6-14(15)19-3/h4-9,16,18H,1-3H3. The van der Waals surface area contributed by atoms with Crippen LogP contribution in [-0.4, -0.2) is 12.2 Å². The summed E-state index contributed by atoms with van der Waals surface area (Å²) in [5.41, 5.74) is 3.59. The van der Waals surface area contributed by atoms with Crippen molar-refractivity contribution < 1.29 is 9.84 Å². The fourth-order valence-electron chi connectivity index (χ4n) is 2.17. The lowest BCUT2D eigenvalue weighted by Crippen LogP contribution is -2.05. The second-order valence-corrected chi connectivity index (χ2v) is 5.03. The first-order valence-corrected chi connectivity index (χ1v) is 6.50. The molecule has 2 aromatic rings. The maximum absolute atomic E-state index is 10.6. The third-order valence-corrected chi connectivity index (χ3v) is 3.57. The predicted molar refractivity (Wildman–Crippen MR) is 78.0 cm³/mol. The maximum Gasteiger partial charge on any atom is 0.126 e. The number of aliphatic hydroxyl groups is 1. The minimum Gasteiger partial charge on any atom is -0.496 e. The fraction of sp³-hybridized carbons (Fsp3) is 0.250. The Morgan fingerprint density at radius 3 is 2.58 bits per heavy atom. The first-order chi connectivity index (χ1) is 9.04. The normalized spacial score (nSPS) is 12.3. The molecule has 0 radical (unpaired) electrons. The number of rotatable bonds is 3. The van der Waals surface area contributed by atoms with Gasteiger partial charge in [-0.15, -0.1) is 0 Å². The lowest BCUT2D eigenvalue weighted by atomic mass is 9.95. The van der Waals surface area contributed by atoms with Gasteiger partial charge in [0.1, 0.15) is 11.9 Å². The zero-order valence-electron chi connectivity index (χ0n) is 11.3. The summed E-state index contributed by atoms with van der Waals surface area (Å²) in [5, 5.41) is 11.1. The van der Waals surface area contributed by atoms with Gasteiger partial charge in [-0.3, -0.25) is 0 Å². The van der Waals surface area contributed by atoms with Crippen molar-refractivity contribution in [2.24, 2.45) is 0 Å². The van der Waals surface area contributed by atoms with Gasteiger partial charge in [0.15, 0.2) is 0 Å². The van der Waals surface area contributed by atoms with E-state index in [-0.39, 0.29) is 0 Å². The summed E-state index contributed by atoms with van der Waals surface area (Å²) in [5.74, 6) is 0.598. The van der Waals surface area contributed by atoms with Gasteiger partial charge in [0.25, 0.3) is 0 Å². The van der Waals surface area contributed by atoms with E-state index in [9.17, 15) is 5.11 Å². The smallest absolute Gasteiger partial charge is 0.126 e. The molecule has 3 heteroatoms. The Hall–Kier alpha value is -1.51. The van der Waals surface area contributed by atoms with Gasteiger partial charge in [0, 0.05) is 5.56 Å². The van der Waals surface area contributed by atoms with Gasteiger partial charge in [-0.2, -0.15) is 0 Å². The minimum absolute atomic E-state index is 0.507. The average Bonchev–Trinajstić information content (AvgIpc) is 2.40. The number of hydrogen-bond donors (Lipinski definition) is 1. The Bertz CT molecular complexity index is 593. The second kappa shape index (κ2) is 5.64. The van der Waals surface area contributed by atoms with Crippen LogP contribution in [-0.2, 0) is 0 Å². The third-order valence-electron chi connectivity index (χ3n) is 3.24. The molecule has 0 aliphatic heterocycles. The van der Waals surface area contributed by atoms with Gasteiger partial charge < -0.3 is 9.84 Å². The average molecular weight is 277 g/mol. The van der Waals surface area contributed by atoms with Crippen LogP contribution in [0.1, 0.15) is 28.4 Å². The number of aryl methyl sites for hydroxylation is 2. The summed E-state index contributed by atoms with van der Waals surface area (Å²) >= 11 is 6.21. The molecule has 2 aromatic carbocycles. The van der Waals surface area contributed by atoms with Gasteiger partial charge in [-0.25, -0.2) is 0 Å². The molecule has 0 bridgehead atoms.